The number of hydrogen-bond acceptors (Lipinski definition) is 4. The second-order valence-corrected chi connectivity index (χ2v) is 4.05. The van der Waals surface area contributed by atoms with Crippen molar-refractivity contribution in [1.82, 2.24) is 19.9 Å². The molecule has 88 valence electrons. The van der Waals surface area contributed by atoms with Crippen molar-refractivity contribution in [2.24, 2.45) is 0 Å². The minimum atomic E-state index is -0.357. The van der Waals surface area contributed by atoms with Gasteiger partial charge in [0, 0.05) is 25.7 Å². The summed E-state index contributed by atoms with van der Waals surface area (Å²) in [6.45, 7) is 1.77. The third-order valence-corrected chi connectivity index (χ3v) is 2.78. The van der Waals surface area contributed by atoms with Crippen molar-refractivity contribution in [2.75, 3.05) is 13.1 Å². The van der Waals surface area contributed by atoms with Gasteiger partial charge in [-0.25, -0.2) is 0 Å². The summed E-state index contributed by atoms with van der Waals surface area (Å²) in [5.41, 5.74) is 0. The van der Waals surface area contributed by atoms with E-state index in [1.54, 1.807) is 22.0 Å². The molecule has 0 saturated carbocycles. The van der Waals surface area contributed by atoms with Crippen LogP contribution in [0.2, 0.25) is 0 Å². The largest absolute Gasteiger partial charge is 0.391 e. The number of carbonyl (C=O) groups is 1. The second-order valence-electron chi connectivity index (χ2n) is 4.05. The summed E-state index contributed by atoms with van der Waals surface area (Å²) >= 11 is 0. The average Bonchev–Trinajstić information content (AvgIpc) is 2.78. The first-order valence-corrected chi connectivity index (χ1v) is 5.55. The van der Waals surface area contributed by atoms with E-state index in [0.717, 1.165) is 19.4 Å². The lowest BCUT2D eigenvalue weighted by molar-refractivity contribution is -0.134. The van der Waals surface area contributed by atoms with Gasteiger partial charge in [-0.2, -0.15) is 0 Å². The predicted molar refractivity (Wildman–Crippen MR) is 56.5 cm³/mol. The highest BCUT2D eigenvalue weighted by Crippen LogP contribution is 2.11. The molecule has 0 aliphatic carbocycles. The molecule has 0 radical (unpaired) electrons. The summed E-state index contributed by atoms with van der Waals surface area (Å²) in [4.78, 5) is 13.5. The van der Waals surface area contributed by atoms with Crippen molar-refractivity contribution in [2.45, 2.75) is 31.9 Å². The number of rotatable bonds is 3. The van der Waals surface area contributed by atoms with Crippen molar-refractivity contribution in [3.8, 4) is 0 Å². The van der Waals surface area contributed by atoms with Crippen molar-refractivity contribution in [3.63, 3.8) is 0 Å². The smallest absolute Gasteiger partial charge is 0.224 e. The van der Waals surface area contributed by atoms with Crippen molar-refractivity contribution >= 4 is 5.91 Å². The Kier molecular flexibility index (Phi) is 3.51. The van der Waals surface area contributed by atoms with E-state index in [1.165, 1.54) is 0 Å². The molecular formula is C10H16N4O2. The van der Waals surface area contributed by atoms with E-state index in [9.17, 15) is 9.90 Å². The standard InChI is InChI=1S/C10H16N4O2/c15-9-2-1-5-13(8-9)10(16)3-6-14-7-4-11-12-14/h4,7,9,15H,1-3,5-6,8H2. The number of aliphatic hydroxyl groups is 1. The topological polar surface area (TPSA) is 71.2 Å². The Morgan fingerprint density at radius 2 is 2.44 bits per heavy atom. The zero-order chi connectivity index (χ0) is 11.4. The molecule has 0 bridgehead atoms. The molecule has 1 unspecified atom stereocenters. The minimum Gasteiger partial charge on any atom is -0.391 e. The fourth-order valence-corrected chi connectivity index (χ4v) is 1.90. The third kappa shape index (κ3) is 2.79. The van der Waals surface area contributed by atoms with E-state index in [2.05, 4.69) is 10.3 Å². The van der Waals surface area contributed by atoms with Gasteiger partial charge in [-0.15, -0.1) is 5.10 Å². The Morgan fingerprint density at radius 3 is 3.12 bits per heavy atom. The zero-order valence-electron chi connectivity index (χ0n) is 9.12. The van der Waals surface area contributed by atoms with Crippen LogP contribution in [0.1, 0.15) is 19.3 Å². The van der Waals surface area contributed by atoms with E-state index in [0.29, 0.717) is 19.5 Å². The highest BCUT2D eigenvalue weighted by atomic mass is 16.3. The molecule has 1 fully saturated rings. The predicted octanol–water partition coefficient (Wildman–Crippen LogP) is -0.349. The van der Waals surface area contributed by atoms with Gasteiger partial charge >= 0.3 is 0 Å². The second kappa shape index (κ2) is 5.07. The van der Waals surface area contributed by atoms with Crippen molar-refractivity contribution < 1.29 is 9.90 Å². The summed E-state index contributed by atoms with van der Waals surface area (Å²) in [7, 11) is 0. The lowest BCUT2D eigenvalue weighted by Crippen LogP contribution is -2.42. The van der Waals surface area contributed by atoms with Crippen molar-refractivity contribution in [3.05, 3.63) is 12.4 Å². The minimum absolute atomic E-state index is 0.0780. The summed E-state index contributed by atoms with van der Waals surface area (Å²) in [6, 6.07) is 0. The van der Waals surface area contributed by atoms with E-state index in [4.69, 9.17) is 0 Å². The van der Waals surface area contributed by atoms with Crippen LogP contribution in [-0.2, 0) is 11.3 Å². The van der Waals surface area contributed by atoms with Gasteiger partial charge < -0.3 is 10.0 Å². The molecule has 1 aromatic rings. The number of carbonyl (C=O) groups excluding carboxylic acids is 1. The van der Waals surface area contributed by atoms with Gasteiger partial charge in [0.25, 0.3) is 0 Å². The molecule has 1 N–H and O–H groups in total. The highest BCUT2D eigenvalue weighted by Gasteiger charge is 2.21. The van der Waals surface area contributed by atoms with Crippen LogP contribution in [0.5, 0.6) is 0 Å². The Labute approximate surface area is 93.9 Å². The highest BCUT2D eigenvalue weighted by molar-refractivity contribution is 5.76. The lowest BCUT2D eigenvalue weighted by Gasteiger charge is -2.30. The third-order valence-electron chi connectivity index (χ3n) is 2.78. The van der Waals surface area contributed by atoms with Gasteiger partial charge in [-0.1, -0.05) is 5.21 Å². The molecule has 1 amide bonds. The summed E-state index contributed by atoms with van der Waals surface area (Å²) in [5.74, 6) is 0.0780. The number of nitrogens with zero attached hydrogens (tertiary/aromatic N) is 4. The molecule has 16 heavy (non-hydrogen) atoms. The van der Waals surface area contributed by atoms with Gasteiger partial charge in [-0.05, 0) is 12.8 Å². The molecule has 2 heterocycles. The molecule has 0 aromatic carbocycles. The number of likely N-dealkylation sites (tertiary alicyclic amines) is 1. The maximum atomic E-state index is 11.8. The first-order valence-electron chi connectivity index (χ1n) is 5.55. The van der Waals surface area contributed by atoms with E-state index in [1.807, 2.05) is 0 Å². The molecule has 1 saturated heterocycles. The van der Waals surface area contributed by atoms with Gasteiger partial charge in [0.15, 0.2) is 0 Å². The van der Waals surface area contributed by atoms with Crippen LogP contribution >= 0.6 is 0 Å². The summed E-state index contributed by atoms with van der Waals surface area (Å²) < 4.78 is 1.64. The first-order chi connectivity index (χ1) is 7.75. The van der Waals surface area contributed by atoms with E-state index < -0.39 is 0 Å². The lowest BCUT2D eigenvalue weighted by atomic mass is 10.1. The first kappa shape index (κ1) is 11.1. The molecule has 0 spiro atoms. The van der Waals surface area contributed by atoms with Crippen LogP contribution in [0.4, 0.5) is 0 Å². The number of aryl methyl sites for hydroxylation is 1. The van der Waals surface area contributed by atoms with Crippen LogP contribution < -0.4 is 0 Å². The average molecular weight is 224 g/mol. The normalized spacial score (nSPS) is 21.1. The monoisotopic (exact) mass is 224 g/mol. The van der Waals surface area contributed by atoms with Crippen LogP contribution in [0.25, 0.3) is 0 Å². The maximum Gasteiger partial charge on any atom is 0.224 e. The Morgan fingerprint density at radius 1 is 1.56 bits per heavy atom. The Hall–Kier alpha value is -1.43. The molecule has 6 nitrogen and oxygen atoms in total. The van der Waals surface area contributed by atoms with Crippen LogP contribution in [-0.4, -0.2) is 50.1 Å². The van der Waals surface area contributed by atoms with Gasteiger partial charge in [-0.3, -0.25) is 9.48 Å². The maximum absolute atomic E-state index is 11.8. The Balaban J connectivity index is 1.79. The quantitative estimate of drug-likeness (QED) is 0.762. The number of amides is 1. The molecule has 1 aliphatic rings. The SMILES string of the molecule is O=C(CCn1ccnn1)N1CCCC(O)C1. The molecule has 1 aliphatic heterocycles. The van der Waals surface area contributed by atoms with Crippen LogP contribution in [0.3, 0.4) is 0 Å². The summed E-state index contributed by atoms with van der Waals surface area (Å²) in [6.07, 6.45) is 5.07. The fourth-order valence-electron chi connectivity index (χ4n) is 1.90. The number of hydrogen-bond donors (Lipinski definition) is 1. The molecule has 2 rings (SSSR count). The van der Waals surface area contributed by atoms with Gasteiger partial charge in [0.05, 0.1) is 18.8 Å². The fraction of sp³-hybridized carbons (Fsp3) is 0.700. The molecule has 6 heteroatoms. The Bertz CT molecular complexity index is 339. The zero-order valence-corrected chi connectivity index (χ0v) is 9.12. The van der Waals surface area contributed by atoms with Crippen LogP contribution in [0, 0.1) is 0 Å². The number of piperidine rings is 1. The molecule has 1 atom stereocenters. The number of aliphatic hydroxyl groups excluding tert-OH is 1. The summed E-state index contributed by atoms with van der Waals surface area (Å²) in [5, 5.41) is 16.9. The molecular weight excluding hydrogens is 208 g/mol. The number of β-amino-alcohol motifs (C(OH)–C–C–N with tert-alkyl or cyclic N) is 1. The van der Waals surface area contributed by atoms with E-state index in [-0.39, 0.29) is 12.0 Å². The van der Waals surface area contributed by atoms with Gasteiger partial charge in [0.2, 0.25) is 5.91 Å². The van der Waals surface area contributed by atoms with Crippen LogP contribution in [0.15, 0.2) is 12.4 Å². The molecule has 1 aromatic heterocycles. The van der Waals surface area contributed by atoms with Gasteiger partial charge in [0.1, 0.15) is 0 Å². The number of aromatic nitrogens is 3. The van der Waals surface area contributed by atoms with Crippen molar-refractivity contribution in [1.29, 1.82) is 0 Å². The van der Waals surface area contributed by atoms with E-state index >= 15 is 0 Å².